The van der Waals surface area contributed by atoms with Crippen LogP contribution in [0.1, 0.15) is 28.7 Å². The minimum absolute atomic E-state index is 0.173. The van der Waals surface area contributed by atoms with E-state index in [1.807, 2.05) is 0 Å². The summed E-state index contributed by atoms with van der Waals surface area (Å²) in [7, 11) is 0. The molecule has 1 heteroatoms. The number of fused-ring (bicyclic) bond motifs is 10. The standard InChI is InChI=1S/C37H27N/c1-2-11-25(12-3-1)26-21-23-27(24-22-26)38-35-20-10-19-34-36(35)30-15-6-9-18-33(30)37(34)31-16-7-4-13-28(31)29-14-5-8-17-32(29)37/h1-16,18-24,32,38H,17H2. The van der Waals surface area contributed by atoms with Gasteiger partial charge in [0.25, 0.3) is 0 Å². The lowest BCUT2D eigenvalue weighted by Crippen LogP contribution is -2.32. The first-order valence-corrected chi connectivity index (χ1v) is 13.5. The van der Waals surface area contributed by atoms with E-state index in [4.69, 9.17) is 0 Å². The van der Waals surface area contributed by atoms with E-state index in [1.165, 1.54) is 55.8 Å². The highest BCUT2D eigenvalue weighted by atomic mass is 14.9. The maximum absolute atomic E-state index is 3.80. The number of allylic oxidation sites excluding steroid dienone is 4. The largest absolute Gasteiger partial charge is 0.355 e. The van der Waals surface area contributed by atoms with Crippen molar-refractivity contribution >= 4 is 16.9 Å². The lowest BCUT2D eigenvalue weighted by Gasteiger charge is -2.36. The van der Waals surface area contributed by atoms with Crippen LogP contribution in [0.25, 0.3) is 27.8 Å². The molecule has 38 heavy (non-hydrogen) atoms. The molecule has 0 bridgehead atoms. The number of hydrogen-bond acceptors (Lipinski definition) is 1. The van der Waals surface area contributed by atoms with Crippen LogP contribution in [0, 0.1) is 5.92 Å². The number of benzene rings is 5. The van der Waals surface area contributed by atoms with Gasteiger partial charge in [-0.15, -0.1) is 0 Å². The fourth-order valence-corrected chi connectivity index (χ4v) is 7.25. The quantitative estimate of drug-likeness (QED) is 0.268. The molecule has 1 spiro atoms. The molecule has 3 aliphatic rings. The number of anilines is 2. The molecule has 0 saturated heterocycles. The summed E-state index contributed by atoms with van der Waals surface area (Å²) < 4.78 is 0. The van der Waals surface area contributed by atoms with Gasteiger partial charge in [0.05, 0.1) is 5.41 Å². The second kappa shape index (κ2) is 8.19. The van der Waals surface area contributed by atoms with Gasteiger partial charge >= 0.3 is 0 Å². The molecule has 0 amide bonds. The van der Waals surface area contributed by atoms with Crippen LogP contribution in [0.5, 0.6) is 0 Å². The zero-order valence-electron chi connectivity index (χ0n) is 21.1. The van der Waals surface area contributed by atoms with Crippen molar-refractivity contribution < 1.29 is 0 Å². The van der Waals surface area contributed by atoms with Crippen LogP contribution in [-0.4, -0.2) is 0 Å². The number of rotatable bonds is 3. The summed E-state index contributed by atoms with van der Waals surface area (Å²) in [5, 5.41) is 3.80. The van der Waals surface area contributed by atoms with E-state index >= 15 is 0 Å². The summed E-state index contributed by atoms with van der Waals surface area (Å²) in [6.45, 7) is 0. The lowest BCUT2D eigenvalue weighted by molar-refractivity contribution is 0.495. The van der Waals surface area contributed by atoms with Crippen LogP contribution >= 0.6 is 0 Å². The molecule has 5 aromatic rings. The molecule has 180 valence electrons. The number of hydrogen-bond donors (Lipinski definition) is 1. The summed E-state index contributed by atoms with van der Waals surface area (Å²) in [5.41, 5.74) is 14.4. The van der Waals surface area contributed by atoms with Crippen molar-refractivity contribution in [3.05, 3.63) is 162 Å². The molecule has 1 nitrogen and oxygen atoms in total. The minimum Gasteiger partial charge on any atom is -0.355 e. The Hall–Kier alpha value is -4.62. The molecule has 0 radical (unpaired) electrons. The summed E-state index contributed by atoms with van der Waals surface area (Å²) in [6, 6.07) is 44.3. The Labute approximate surface area is 223 Å². The fourth-order valence-electron chi connectivity index (χ4n) is 7.25. The zero-order chi connectivity index (χ0) is 25.1. The summed E-state index contributed by atoms with van der Waals surface area (Å²) >= 11 is 0. The molecule has 5 aromatic carbocycles. The second-order valence-electron chi connectivity index (χ2n) is 10.5. The Morgan fingerprint density at radius 1 is 0.579 bits per heavy atom. The first kappa shape index (κ1) is 21.5. The lowest BCUT2D eigenvalue weighted by atomic mass is 9.65. The first-order valence-electron chi connectivity index (χ1n) is 13.5. The van der Waals surface area contributed by atoms with Gasteiger partial charge in [-0.25, -0.2) is 0 Å². The van der Waals surface area contributed by atoms with Crippen molar-refractivity contribution in [1.29, 1.82) is 0 Å². The maximum Gasteiger partial charge on any atom is 0.0541 e. The van der Waals surface area contributed by atoms with Crippen molar-refractivity contribution in [2.75, 3.05) is 5.32 Å². The smallest absolute Gasteiger partial charge is 0.0541 e. The molecule has 2 unspecified atom stereocenters. The fraction of sp³-hybridized carbons (Fsp3) is 0.0811. The highest BCUT2D eigenvalue weighted by Gasteiger charge is 2.56. The average Bonchev–Trinajstić information content (AvgIpc) is 3.46. The average molecular weight is 486 g/mol. The third-order valence-electron chi connectivity index (χ3n) is 8.73. The predicted molar refractivity (Wildman–Crippen MR) is 159 cm³/mol. The highest BCUT2D eigenvalue weighted by molar-refractivity contribution is 5.97. The Bertz CT molecular complexity index is 1760. The SMILES string of the molecule is C1=CCC2C(=C1)c1ccccc1C21c2ccccc2-c2c(Nc3ccc(-c4ccccc4)cc3)cccc21. The number of nitrogens with one attached hydrogen (secondary N) is 1. The van der Waals surface area contributed by atoms with Crippen molar-refractivity contribution in [2.45, 2.75) is 11.8 Å². The topological polar surface area (TPSA) is 12.0 Å². The van der Waals surface area contributed by atoms with Gasteiger partial charge in [-0.05, 0) is 69.1 Å². The molecule has 1 N–H and O–H groups in total. The Kier molecular flexibility index (Phi) is 4.63. The molecular weight excluding hydrogens is 458 g/mol. The van der Waals surface area contributed by atoms with Gasteiger partial charge in [-0.2, -0.15) is 0 Å². The third-order valence-corrected chi connectivity index (χ3v) is 8.73. The zero-order valence-corrected chi connectivity index (χ0v) is 21.1. The van der Waals surface area contributed by atoms with Gasteiger partial charge in [0.2, 0.25) is 0 Å². The Morgan fingerprint density at radius 2 is 1.24 bits per heavy atom. The van der Waals surface area contributed by atoms with Crippen LogP contribution in [0.15, 0.2) is 140 Å². The third kappa shape index (κ3) is 2.87. The molecule has 3 aliphatic carbocycles. The molecule has 2 atom stereocenters. The van der Waals surface area contributed by atoms with E-state index in [0.717, 1.165) is 12.1 Å². The Morgan fingerprint density at radius 3 is 2.05 bits per heavy atom. The monoisotopic (exact) mass is 485 g/mol. The molecule has 0 heterocycles. The normalized spacial score (nSPS) is 19.9. The molecule has 0 saturated carbocycles. The minimum atomic E-state index is -0.173. The van der Waals surface area contributed by atoms with E-state index in [9.17, 15) is 0 Å². The van der Waals surface area contributed by atoms with E-state index in [-0.39, 0.29) is 5.41 Å². The van der Waals surface area contributed by atoms with E-state index in [1.54, 1.807) is 0 Å². The van der Waals surface area contributed by atoms with Crippen LogP contribution in [0.2, 0.25) is 0 Å². The first-order chi connectivity index (χ1) is 18.9. The van der Waals surface area contributed by atoms with Crippen molar-refractivity contribution in [3.8, 4) is 22.3 Å². The van der Waals surface area contributed by atoms with Crippen molar-refractivity contribution in [2.24, 2.45) is 5.92 Å². The summed E-state index contributed by atoms with van der Waals surface area (Å²) in [5.74, 6) is 0.396. The maximum atomic E-state index is 3.80. The second-order valence-corrected chi connectivity index (χ2v) is 10.5. The molecular formula is C37H27N. The molecule has 8 rings (SSSR count). The molecule has 0 aliphatic heterocycles. The highest BCUT2D eigenvalue weighted by Crippen LogP contribution is 2.66. The van der Waals surface area contributed by atoms with E-state index in [2.05, 4.69) is 145 Å². The van der Waals surface area contributed by atoms with Crippen molar-refractivity contribution in [3.63, 3.8) is 0 Å². The van der Waals surface area contributed by atoms with Crippen LogP contribution in [-0.2, 0) is 5.41 Å². The molecule has 0 fully saturated rings. The van der Waals surface area contributed by atoms with E-state index in [0.29, 0.717) is 5.92 Å². The van der Waals surface area contributed by atoms with Crippen LogP contribution in [0.4, 0.5) is 11.4 Å². The van der Waals surface area contributed by atoms with Gasteiger partial charge in [0, 0.05) is 22.9 Å². The summed E-state index contributed by atoms with van der Waals surface area (Å²) in [6.07, 6.45) is 7.98. The van der Waals surface area contributed by atoms with Gasteiger partial charge in [0.1, 0.15) is 0 Å². The summed E-state index contributed by atoms with van der Waals surface area (Å²) in [4.78, 5) is 0. The van der Waals surface area contributed by atoms with E-state index < -0.39 is 0 Å². The van der Waals surface area contributed by atoms with Crippen LogP contribution < -0.4 is 5.32 Å². The Balaban J connectivity index is 1.30. The van der Waals surface area contributed by atoms with Gasteiger partial charge < -0.3 is 5.32 Å². The predicted octanol–water partition coefficient (Wildman–Crippen LogP) is 9.39. The van der Waals surface area contributed by atoms with Gasteiger partial charge in [-0.1, -0.05) is 121 Å². The van der Waals surface area contributed by atoms with Gasteiger partial charge in [-0.3, -0.25) is 0 Å². The molecule has 0 aromatic heterocycles. The van der Waals surface area contributed by atoms with Crippen molar-refractivity contribution in [1.82, 2.24) is 0 Å². The van der Waals surface area contributed by atoms with Crippen LogP contribution in [0.3, 0.4) is 0 Å². The van der Waals surface area contributed by atoms with Gasteiger partial charge in [0.15, 0.2) is 0 Å².